The first-order valence-corrected chi connectivity index (χ1v) is 8.64. The van der Waals surface area contributed by atoms with Crippen molar-refractivity contribution in [1.29, 1.82) is 0 Å². The number of aromatic amines is 1. The molecule has 0 bridgehead atoms. The molecule has 2 aromatic carbocycles. The Morgan fingerprint density at radius 3 is 2.74 bits per heavy atom. The molecule has 0 amide bonds. The summed E-state index contributed by atoms with van der Waals surface area (Å²) >= 11 is 0. The topological polar surface area (TPSA) is 98.8 Å². The van der Waals surface area contributed by atoms with Gasteiger partial charge >= 0.3 is 5.97 Å². The smallest absolute Gasteiger partial charge is 0.323 e. The molecule has 0 aliphatic heterocycles. The SMILES string of the molecule is N[C@@H](Cc1cc2ccccc2[nH]1)C(=O)OCc1cn(-c2ccccc2)nn1. The Morgan fingerprint density at radius 1 is 1.15 bits per heavy atom. The number of hydrogen-bond acceptors (Lipinski definition) is 5. The molecule has 7 nitrogen and oxygen atoms in total. The van der Waals surface area contributed by atoms with E-state index in [4.69, 9.17) is 10.5 Å². The highest BCUT2D eigenvalue weighted by molar-refractivity contribution is 5.81. The Morgan fingerprint density at radius 2 is 1.93 bits per heavy atom. The number of aromatic nitrogens is 4. The second kappa shape index (κ2) is 7.43. The highest BCUT2D eigenvalue weighted by Gasteiger charge is 2.17. The minimum atomic E-state index is -0.748. The van der Waals surface area contributed by atoms with Crippen LogP contribution in [0.4, 0.5) is 0 Å². The van der Waals surface area contributed by atoms with Crippen LogP contribution >= 0.6 is 0 Å². The van der Waals surface area contributed by atoms with E-state index in [0.29, 0.717) is 12.1 Å². The summed E-state index contributed by atoms with van der Waals surface area (Å²) in [6.45, 7) is 0.0338. The largest absolute Gasteiger partial charge is 0.458 e. The molecule has 136 valence electrons. The molecule has 2 heterocycles. The molecule has 2 aromatic heterocycles. The molecule has 0 aliphatic rings. The van der Waals surface area contributed by atoms with Crippen LogP contribution in [-0.2, 0) is 22.6 Å². The van der Waals surface area contributed by atoms with Gasteiger partial charge in [0, 0.05) is 17.6 Å². The molecule has 0 saturated heterocycles. The number of rotatable bonds is 6. The van der Waals surface area contributed by atoms with Crippen LogP contribution in [0, 0.1) is 0 Å². The van der Waals surface area contributed by atoms with Crippen molar-refractivity contribution in [3.05, 3.63) is 78.2 Å². The number of carbonyl (C=O) groups is 1. The molecule has 0 saturated carbocycles. The van der Waals surface area contributed by atoms with Crippen molar-refractivity contribution in [1.82, 2.24) is 20.0 Å². The highest BCUT2D eigenvalue weighted by atomic mass is 16.5. The molecule has 0 unspecified atom stereocenters. The third-order valence-electron chi connectivity index (χ3n) is 4.25. The summed E-state index contributed by atoms with van der Waals surface area (Å²) in [4.78, 5) is 15.5. The first-order chi connectivity index (χ1) is 13.2. The fourth-order valence-corrected chi connectivity index (χ4v) is 2.89. The van der Waals surface area contributed by atoms with Crippen molar-refractivity contribution in [3.63, 3.8) is 0 Å². The lowest BCUT2D eigenvalue weighted by Crippen LogP contribution is -2.34. The number of nitrogens with two attached hydrogens (primary N) is 1. The monoisotopic (exact) mass is 361 g/mol. The number of benzene rings is 2. The number of esters is 1. The van der Waals surface area contributed by atoms with E-state index >= 15 is 0 Å². The summed E-state index contributed by atoms with van der Waals surface area (Å²) in [7, 11) is 0. The maximum Gasteiger partial charge on any atom is 0.323 e. The number of para-hydroxylation sites is 2. The Balaban J connectivity index is 1.34. The minimum absolute atomic E-state index is 0.0338. The number of nitrogens with one attached hydrogen (secondary N) is 1. The zero-order chi connectivity index (χ0) is 18.6. The summed E-state index contributed by atoms with van der Waals surface area (Å²) in [6.07, 6.45) is 2.11. The summed E-state index contributed by atoms with van der Waals surface area (Å²) in [5.41, 5.74) is 9.36. The van der Waals surface area contributed by atoms with Crippen LogP contribution in [0.1, 0.15) is 11.4 Å². The molecule has 1 atom stereocenters. The van der Waals surface area contributed by atoms with E-state index in [1.54, 1.807) is 10.9 Å². The summed E-state index contributed by atoms with van der Waals surface area (Å²) in [5.74, 6) is -0.470. The van der Waals surface area contributed by atoms with Crippen molar-refractivity contribution >= 4 is 16.9 Å². The fraction of sp³-hybridized carbons (Fsp3) is 0.150. The zero-order valence-electron chi connectivity index (χ0n) is 14.6. The van der Waals surface area contributed by atoms with Gasteiger partial charge in [-0.2, -0.15) is 0 Å². The molecule has 7 heteroatoms. The van der Waals surface area contributed by atoms with Crippen LogP contribution in [-0.4, -0.2) is 32.0 Å². The van der Waals surface area contributed by atoms with Gasteiger partial charge in [-0.3, -0.25) is 4.79 Å². The Bertz CT molecular complexity index is 1020. The molecule has 3 N–H and O–H groups in total. The van der Waals surface area contributed by atoms with Gasteiger partial charge < -0.3 is 15.5 Å². The van der Waals surface area contributed by atoms with Crippen molar-refractivity contribution < 1.29 is 9.53 Å². The molecule has 0 aliphatic carbocycles. The second-order valence-corrected chi connectivity index (χ2v) is 6.29. The quantitative estimate of drug-likeness (QED) is 0.514. The van der Waals surface area contributed by atoms with Gasteiger partial charge in [-0.15, -0.1) is 5.10 Å². The Hall–Kier alpha value is -3.45. The fourth-order valence-electron chi connectivity index (χ4n) is 2.89. The average Bonchev–Trinajstić information content (AvgIpc) is 3.33. The van der Waals surface area contributed by atoms with Gasteiger partial charge in [0.1, 0.15) is 18.3 Å². The molecule has 0 spiro atoms. The lowest BCUT2D eigenvalue weighted by molar-refractivity contribution is -0.146. The maximum atomic E-state index is 12.2. The highest BCUT2D eigenvalue weighted by Crippen LogP contribution is 2.16. The van der Waals surface area contributed by atoms with E-state index in [1.807, 2.05) is 60.7 Å². The van der Waals surface area contributed by atoms with E-state index in [-0.39, 0.29) is 6.61 Å². The minimum Gasteiger partial charge on any atom is -0.458 e. The number of H-pyrrole nitrogens is 1. The number of hydrogen-bond donors (Lipinski definition) is 2. The summed E-state index contributed by atoms with van der Waals surface area (Å²) in [6, 6.07) is 18.8. The Kier molecular flexibility index (Phi) is 4.67. The van der Waals surface area contributed by atoms with Gasteiger partial charge in [0.25, 0.3) is 0 Å². The molecule has 4 aromatic rings. The van der Waals surface area contributed by atoms with Gasteiger partial charge in [-0.25, -0.2) is 4.68 Å². The van der Waals surface area contributed by atoms with Gasteiger partial charge in [-0.05, 0) is 29.7 Å². The van der Waals surface area contributed by atoms with Crippen LogP contribution in [0.3, 0.4) is 0 Å². The predicted octanol–water partition coefficient (Wildman–Crippen LogP) is 2.36. The summed E-state index contributed by atoms with van der Waals surface area (Å²) in [5, 5.41) is 9.15. The van der Waals surface area contributed by atoms with Crippen LogP contribution in [0.25, 0.3) is 16.6 Å². The van der Waals surface area contributed by atoms with Crippen molar-refractivity contribution in [2.24, 2.45) is 5.73 Å². The van der Waals surface area contributed by atoms with E-state index in [0.717, 1.165) is 22.3 Å². The normalized spacial score (nSPS) is 12.2. The van der Waals surface area contributed by atoms with Gasteiger partial charge in [0.2, 0.25) is 0 Å². The van der Waals surface area contributed by atoms with E-state index < -0.39 is 12.0 Å². The first-order valence-electron chi connectivity index (χ1n) is 8.64. The van der Waals surface area contributed by atoms with E-state index in [9.17, 15) is 4.79 Å². The Labute approximate surface area is 155 Å². The predicted molar refractivity (Wildman–Crippen MR) is 101 cm³/mol. The zero-order valence-corrected chi connectivity index (χ0v) is 14.6. The first kappa shape index (κ1) is 17.0. The van der Waals surface area contributed by atoms with Gasteiger partial charge in [0.05, 0.1) is 11.9 Å². The number of carbonyl (C=O) groups excluding carboxylic acids is 1. The lowest BCUT2D eigenvalue weighted by atomic mass is 10.1. The lowest BCUT2D eigenvalue weighted by Gasteiger charge is -2.09. The second-order valence-electron chi connectivity index (χ2n) is 6.29. The summed E-state index contributed by atoms with van der Waals surface area (Å²) < 4.78 is 6.92. The molecular weight excluding hydrogens is 342 g/mol. The van der Waals surface area contributed by atoms with Crippen LogP contribution < -0.4 is 5.73 Å². The standard InChI is InChI=1S/C20H19N5O2/c21-18(11-15-10-14-6-4-5-9-19(14)22-15)20(26)27-13-16-12-25(24-23-16)17-7-2-1-3-8-17/h1-10,12,18,22H,11,13,21H2/t18-/m0/s1. The average molecular weight is 361 g/mol. The molecule has 27 heavy (non-hydrogen) atoms. The van der Waals surface area contributed by atoms with Crippen LogP contribution in [0.15, 0.2) is 66.9 Å². The maximum absolute atomic E-state index is 12.2. The van der Waals surface area contributed by atoms with Crippen LogP contribution in [0.5, 0.6) is 0 Å². The number of fused-ring (bicyclic) bond motifs is 1. The van der Waals surface area contributed by atoms with Crippen molar-refractivity contribution in [2.75, 3.05) is 0 Å². The van der Waals surface area contributed by atoms with Gasteiger partial charge in [-0.1, -0.05) is 41.6 Å². The van der Waals surface area contributed by atoms with Gasteiger partial charge in [0.15, 0.2) is 0 Å². The van der Waals surface area contributed by atoms with E-state index in [1.165, 1.54) is 0 Å². The number of ether oxygens (including phenoxy) is 1. The molecule has 0 fully saturated rings. The molecule has 0 radical (unpaired) electrons. The third-order valence-corrected chi connectivity index (χ3v) is 4.25. The number of nitrogens with zero attached hydrogens (tertiary/aromatic N) is 3. The van der Waals surface area contributed by atoms with Crippen molar-refractivity contribution in [3.8, 4) is 5.69 Å². The third kappa shape index (κ3) is 3.88. The molecule has 4 rings (SSSR count). The van der Waals surface area contributed by atoms with Crippen molar-refractivity contribution in [2.45, 2.75) is 19.1 Å². The molecular formula is C20H19N5O2. The van der Waals surface area contributed by atoms with E-state index in [2.05, 4.69) is 15.3 Å². The van der Waals surface area contributed by atoms with Crippen LogP contribution in [0.2, 0.25) is 0 Å².